The molecule has 0 unspecified atom stereocenters. The Balaban J connectivity index is 2.85. The third-order valence-corrected chi connectivity index (χ3v) is 1.69. The summed E-state index contributed by atoms with van der Waals surface area (Å²) < 4.78 is 1.99. The van der Waals surface area contributed by atoms with Gasteiger partial charge in [0.1, 0.15) is 0 Å². The van der Waals surface area contributed by atoms with Gasteiger partial charge in [0.05, 0.1) is 12.1 Å². The van der Waals surface area contributed by atoms with Gasteiger partial charge < -0.3 is 9.67 Å². The second-order valence-corrected chi connectivity index (χ2v) is 3.06. The molecule has 1 N–H and O–H groups in total. The Hall–Kier alpha value is -0.760. The number of nitrogens with zero attached hydrogens (tertiary/aromatic N) is 1. The molecule has 1 heterocycles. The first-order valence-electron chi connectivity index (χ1n) is 3.41. The summed E-state index contributed by atoms with van der Waals surface area (Å²) in [6, 6.07) is 3.91. The highest BCUT2D eigenvalue weighted by Gasteiger charge is 2.16. The van der Waals surface area contributed by atoms with Crippen molar-refractivity contribution < 1.29 is 5.11 Å². The number of hydrogen-bond acceptors (Lipinski definition) is 1. The molecule has 0 fully saturated rings. The molecule has 0 saturated carbocycles. The lowest BCUT2D eigenvalue weighted by molar-refractivity contribution is 0.164. The summed E-state index contributed by atoms with van der Waals surface area (Å²) in [6.45, 7) is 4.15. The van der Waals surface area contributed by atoms with Crippen LogP contribution in [0.1, 0.15) is 13.8 Å². The summed E-state index contributed by atoms with van der Waals surface area (Å²) in [6.07, 6.45) is 3.91. The van der Waals surface area contributed by atoms with E-state index in [1.807, 2.05) is 42.9 Å². The monoisotopic (exact) mass is 139 g/mol. The summed E-state index contributed by atoms with van der Waals surface area (Å²) in [7, 11) is 0. The van der Waals surface area contributed by atoms with Crippen LogP contribution in [0.2, 0.25) is 0 Å². The van der Waals surface area contributed by atoms with Crippen molar-refractivity contribution in [3.05, 3.63) is 24.5 Å². The lowest BCUT2D eigenvalue weighted by Crippen LogP contribution is -2.28. The molecule has 1 aromatic rings. The molecule has 0 aromatic carbocycles. The van der Waals surface area contributed by atoms with Gasteiger partial charge in [-0.15, -0.1) is 0 Å². The molecule has 1 rings (SSSR count). The number of aliphatic hydroxyl groups excluding tert-OH is 1. The van der Waals surface area contributed by atoms with Crippen LogP contribution >= 0.6 is 0 Å². The maximum atomic E-state index is 8.94. The van der Waals surface area contributed by atoms with Gasteiger partial charge in [-0.2, -0.15) is 0 Å². The Bertz CT molecular complexity index is 189. The molecule has 0 amide bonds. The average molecular weight is 139 g/mol. The number of aliphatic hydroxyl groups is 1. The Labute approximate surface area is 61.1 Å². The molecule has 0 radical (unpaired) electrons. The highest BCUT2D eigenvalue weighted by atomic mass is 16.3. The van der Waals surface area contributed by atoms with Gasteiger partial charge in [0.25, 0.3) is 0 Å². The second-order valence-electron chi connectivity index (χ2n) is 3.06. The fraction of sp³-hybridized carbons (Fsp3) is 0.500. The van der Waals surface area contributed by atoms with Gasteiger partial charge in [-0.1, -0.05) is 0 Å². The van der Waals surface area contributed by atoms with E-state index in [9.17, 15) is 0 Å². The first-order valence-corrected chi connectivity index (χ1v) is 3.41. The predicted octanol–water partition coefficient (Wildman–Crippen LogP) is 1.22. The van der Waals surface area contributed by atoms with Gasteiger partial charge in [0.2, 0.25) is 0 Å². The van der Waals surface area contributed by atoms with E-state index in [1.54, 1.807) is 0 Å². The van der Waals surface area contributed by atoms with E-state index in [0.29, 0.717) is 0 Å². The Morgan fingerprint density at radius 1 is 1.30 bits per heavy atom. The minimum atomic E-state index is -0.163. The minimum Gasteiger partial charge on any atom is -0.394 e. The van der Waals surface area contributed by atoms with Crippen molar-refractivity contribution in [3.63, 3.8) is 0 Å². The van der Waals surface area contributed by atoms with E-state index < -0.39 is 0 Å². The molecule has 2 heteroatoms. The van der Waals surface area contributed by atoms with Crippen LogP contribution < -0.4 is 0 Å². The van der Waals surface area contributed by atoms with Gasteiger partial charge in [-0.05, 0) is 26.0 Å². The topological polar surface area (TPSA) is 25.2 Å². The van der Waals surface area contributed by atoms with E-state index >= 15 is 0 Å². The predicted molar refractivity (Wildman–Crippen MR) is 40.8 cm³/mol. The van der Waals surface area contributed by atoms with Crippen molar-refractivity contribution in [2.24, 2.45) is 0 Å². The van der Waals surface area contributed by atoms with Crippen molar-refractivity contribution in [1.29, 1.82) is 0 Å². The summed E-state index contributed by atoms with van der Waals surface area (Å²) >= 11 is 0. The third kappa shape index (κ3) is 1.21. The van der Waals surface area contributed by atoms with Crippen molar-refractivity contribution >= 4 is 0 Å². The van der Waals surface area contributed by atoms with Crippen LogP contribution in [0.5, 0.6) is 0 Å². The van der Waals surface area contributed by atoms with E-state index in [2.05, 4.69) is 0 Å². The molecule has 1 aromatic heterocycles. The molecule has 10 heavy (non-hydrogen) atoms. The van der Waals surface area contributed by atoms with E-state index in [1.165, 1.54) is 0 Å². The normalized spacial score (nSPS) is 11.9. The maximum Gasteiger partial charge on any atom is 0.0661 e. The van der Waals surface area contributed by atoms with Crippen LogP contribution in [0.25, 0.3) is 0 Å². The van der Waals surface area contributed by atoms with Crippen molar-refractivity contribution in [2.75, 3.05) is 6.61 Å². The average Bonchev–Trinajstić information content (AvgIpc) is 2.38. The van der Waals surface area contributed by atoms with Crippen LogP contribution in [0, 0.1) is 0 Å². The highest BCUT2D eigenvalue weighted by Crippen LogP contribution is 2.12. The summed E-state index contributed by atoms with van der Waals surface area (Å²) in [5.74, 6) is 0. The minimum absolute atomic E-state index is 0.163. The molecular weight excluding hydrogens is 126 g/mol. The zero-order valence-electron chi connectivity index (χ0n) is 6.41. The lowest BCUT2D eigenvalue weighted by Gasteiger charge is -2.23. The van der Waals surface area contributed by atoms with Crippen molar-refractivity contribution in [2.45, 2.75) is 19.4 Å². The van der Waals surface area contributed by atoms with Gasteiger partial charge >= 0.3 is 0 Å². The van der Waals surface area contributed by atoms with Crippen LogP contribution in [0.15, 0.2) is 24.5 Å². The summed E-state index contributed by atoms with van der Waals surface area (Å²) in [5.41, 5.74) is -0.163. The van der Waals surface area contributed by atoms with Crippen molar-refractivity contribution in [1.82, 2.24) is 4.57 Å². The van der Waals surface area contributed by atoms with Crippen LogP contribution in [0.3, 0.4) is 0 Å². The van der Waals surface area contributed by atoms with E-state index in [4.69, 9.17) is 5.11 Å². The fourth-order valence-corrected chi connectivity index (χ4v) is 0.820. The lowest BCUT2D eigenvalue weighted by atomic mass is 10.1. The first-order chi connectivity index (χ1) is 4.67. The van der Waals surface area contributed by atoms with E-state index in [0.717, 1.165) is 0 Å². The van der Waals surface area contributed by atoms with Crippen LogP contribution in [-0.2, 0) is 5.54 Å². The Morgan fingerprint density at radius 2 is 1.80 bits per heavy atom. The Morgan fingerprint density at radius 3 is 2.20 bits per heavy atom. The number of rotatable bonds is 2. The molecule has 0 aliphatic heterocycles. The van der Waals surface area contributed by atoms with Gasteiger partial charge in [0, 0.05) is 12.4 Å². The summed E-state index contributed by atoms with van der Waals surface area (Å²) in [5, 5.41) is 8.94. The zero-order chi connectivity index (χ0) is 7.61. The molecule has 0 spiro atoms. The highest BCUT2D eigenvalue weighted by molar-refractivity contribution is 4.95. The molecule has 56 valence electrons. The second kappa shape index (κ2) is 2.46. The SMILES string of the molecule is CC(C)(CO)n1cccc1. The fourth-order valence-electron chi connectivity index (χ4n) is 0.820. The number of aromatic nitrogens is 1. The third-order valence-electron chi connectivity index (χ3n) is 1.69. The molecule has 0 saturated heterocycles. The molecule has 0 atom stereocenters. The molecule has 0 aliphatic rings. The maximum absolute atomic E-state index is 8.94. The molecular formula is C8H13NO. The van der Waals surface area contributed by atoms with Gasteiger partial charge in [0.15, 0.2) is 0 Å². The van der Waals surface area contributed by atoms with Crippen LogP contribution in [-0.4, -0.2) is 16.3 Å². The summed E-state index contributed by atoms with van der Waals surface area (Å²) in [4.78, 5) is 0. The smallest absolute Gasteiger partial charge is 0.0661 e. The van der Waals surface area contributed by atoms with Crippen molar-refractivity contribution in [3.8, 4) is 0 Å². The molecule has 2 nitrogen and oxygen atoms in total. The van der Waals surface area contributed by atoms with E-state index in [-0.39, 0.29) is 12.1 Å². The quantitative estimate of drug-likeness (QED) is 0.654. The Kier molecular flexibility index (Phi) is 1.81. The van der Waals surface area contributed by atoms with Gasteiger partial charge in [-0.3, -0.25) is 0 Å². The number of hydrogen-bond donors (Lipinski definition) is 1. The standard InChI is InChI=1S/C8H13NO/c1-8(2,7-10)9-5-3-4-6-9/h3-6,10H,7H2,1-2H3. The molecule has 0 aliphatic carbocycles. The zero-order valence-corrected chi connectivity index (χ0v) is 6.41. The van der Waals surface area contributed by atoms with Crippen LogP contribution in [0.4, 0.5) is 0 Å². The first kappa shape index (κ1) is 7.35. The largest absolute Gasteiger partial charge is 0.394 e. The van der Waals surface area contributed by atoms with Gasteiger partial charge in [-0.25, -0.2) is 0 Å². The molecule has 0 bridgehead atoms.